The minimum atomic E-state index is 0.291. The van der Waals surface area contributed by atoms with Crippen LogP contribution in [0.2, 0.25) is 5.02 Å². The van der Waals surface area contributed by atoms with Gasteiger partial charge < -0.3 is 5.32 Å². The molecule has 0 aliphatic rings. The summed E-state index contributed by atoms with van der Waals surface area (Å²) in [6.45, 7) is 11.1. The maximum Gasteiger partial charge on any atom is 0.0440 e. The molecule has 0 saturated carbocycles. The fraction of sp³-hybridized carbons (Fsp3) is 0.625. The summed E-state index contributed by atoms with van der Waals surface area (Å²) in [6, 6.07) is 6.37. The van der Waals surface area contributed by atoms with E-state index in [0.29, 0.717) is 5.41 Å². The highest BCUT2D eigenvalue weighted by atomic mass is 35.5. The molecular weight excluding hydrogens is 242 g/mol. The molecule has 0 unspecified atom stereocenters. The lowest BCUT2D eigenvalue weighted by Crippen LogP contribution is -2.24. The monoisotopic (exact) mass is 267 g/mol. The first-order chi connectivity index (χ1) is 8.44. The summed E-state index contributed by atoms with van der Waals surface area (Å²) >= 11 is 6.30. The predicted octanol–water partition coefficient (Wildman–Crippen LogP) is 4.61. The van der Waals surface area contributed by atoms with Gasteiger partial charge in [-0.15, -0.1) is 0 Å². The van der Waals surface area contributed by atoms with Crippen LogP contribution in [0.4, 0.5) is 0 Å². The maximum absolute atomic E-state index is 6.30. The molecule has 2 heteroatoms. The first kappa shape index (κ1) is 15.5. The van der Waals surface area contributed by atoms with Gasteiger partial charge in [0, 0.05) is 5.02 Å². The molecule has 1 aromatic carbocycles. The molecule has 0 atom stereocenters. The van der Waals surface area contributed by atoms with Crippen molar-refractivity contribution in [3.63, 3.8) is 0 Å². The van der Waals surface area contributed by atoms with E-state index in [0.717, 1.165) is 24.5 Å². The normalized spacial score (nSPS) is 11.8. The molecule has 1 N–H and O–H groups in total. The zero-order chi connectivity index (χ0) is 13.6. The molecule has 0 heterocycles. The van der Waals surface area contributed by atoms with Crippen LogP contribution in [-0.4, -0.2) is 13.1 Å². The molecule has 0 aliphatic carbocycles. The van der Waals surface area contributed by atoms with E-state index in [1.54, 1.807) is 0 Å². The lowest BCUT2D eigenvalue weighted by Gasteiger charge is -2.25. The van der Waals surface area contributed by atoms with Crippen LogP contribution in [0.3, 0.4) is 0 Å². The number of nitrogens with one attached hydrogen (secondary N) is 1. The fourth-order valence-electron chi connectivity index (χ4n) is 2.13. The molecular formula is C16H26ClN. The lowest BCUT2D eigenvalue weighted by molar-refractivity contribution is 0.326. The van der Waals surface area contributed by atoms with Gasteiger partial charge in [0.25, 0.3) is 0 Å². The second-order valence-electron chi connectivity index (χ2n) is 5.94. The Morgan fingerprint density at radius 1 is 1.22 bits per heavy atom. The summed E-state index contributed by atoms with van der Waals surface area (Å²) in [7, 11) is 0. The molecule has 1 rings (SSSR count). The van der Waals surface area contributed by atoms with Gasteiger partial charge in [0.1, 0.15) is 0 Å². The van der Waals surface area contributed by atoms with E-state index in [9.17, 15) is 0 Å². The van der Waals surface area contributed by atoms with Crippen molar-refractivity contribution in [3.8, 4) is 0 Å². The molecule has 18 heavy (non-hydrogen) atoms. The molecule has 1 nitrogen and oxygen atoms in total. The number of benzene rings is 1. The smallest absolute Gasteiger partial charge is 0.0440 e. The van der Waals surface area contributed by atoms with Gasteiger partial charge >= 0.3 is 0 Å². The Bertz CT molecular complexity index is 371. The first-order valence-electron chi connectivity index (χ1n) is 6.90. The van der Waals surface area contributed by atoms with Crippen molar-refractivity contribution in [2.45, 2.75) is 47.0 Å². The minimum absolute atomic E-state index is 0.291. The minimum Gasteiger partial charge on any atom is -0.317 e. The van der Waals surface area contributed by atoms with Crippen LogP contribution in [0.1, 0.15) is 44.7 Å². The van der Waals surface area contributed by atoms with Crippen molar-refractivity contribution in [2.24, 2.45) is 5.41 Å². The van der Waals surface area contributed by atoms with Gasteiger partial charge in [-0.05, 0) is 61.9 Å². The Morgan fingerprint density at radius 3 is 2.56 bits per heavy atom. The fourth-order valence-corrected chi connectivity index (χ4v) is 2.43. The quantitative estimate of drug-likeness (QED) is 0.712. The molecule has 102 valence electrons. The van der Waals surface area contributed by atoms with E-state index >= 15 is 0 Å². The Hall–Kier alpha value is -0.530. The molecule has 0 amide bonds. The topological polar surface area (TPSA) is 12.0 Å². The van der Waals surface area contributed by atoms with Gasteiger partial charge in [0.15, 0.2) is 0 Å². The van der Waals surface area contributed by atoms with Gasteiger partial charge in [-0.1, -0.05) is 44.5 Å². The number of rotatable bonds is 7. The predicted molar refractivity (Wildman–Crippen MR) is 81.5 cm³/mol. The summed E-state index contributed by atoms with van der Waals surface area (Å²) in [6.07, 6.45) is 3.42. The highest BCUT2D eigenvalue weighted by Gasteiger charge is 2.19. The zero-order valence-electron chi connectivity index (χ0n) is 12.1. The zero-order valence-corrected chi connectivity index (χ0v) is 12.9. The third-order valence-corrected chi connectivity index (χ3v) is 3.63. The summed E-state index contributed by atoms with van der Waals surface area (Å²) < 4.78 is 0. The average molecular weight is 268 g/mol. The van der Waals surface area contributed by atoms with Crippen LogP contribution in [0, 0.1) is 12.3 Å². The van der Waals surface area contributed by atoms with Crippen molar-refractivity contribution in [2.75, 3.05) is 13.1 Å². The van der Waals surface area contributed by atoms with Crippen LogP contribution in [0.25, 0.3) is 0 Å². The maximum atomic E-state index is 6.30. The molecule has 0 aliphatic heterocycles. The first-order valence-corrected chi connectivity index (χ1v) is 7.28. The summed E-state index contributed by atoms with van der Waals surface area (Å²) in [5.74, 6) is 0. The summed E-state index contributed by atoms with van der Waals surface area (Å²) in [4.78, 5) is 0. The van der Waals surface area contributed by atoms with Gasteiger partial charge in [0.2, 0.25) is 0 Å². The molecule has 0 bridgehead atoms. The second-order valence-corrected chi connectivity index (χ2v) is 6.34. The summed E-state index contributed by atoms with van der Waals surface area (Å²) in [5.41, 5.74) is 2.79. The number of aryl methyl sites for hydroxylation is 1. The molecule has 0 spiro atoms. The molecule has 0 aromatic heterocycles. The molecule has 0 fully saturated rings. The van der Waals surface area contributed by atoms with Crippen molar-refractivity contribution in [1.29, 1.82) is 0 Å². The van der Waals surface area contributed by atoms with E-state index in [-0.39, 0.29) is 0 Å². The van der Waals surface area contributed by atoms with Gasteiger partial charge in [0.05, 0.1) is 0 Å². The third-order valence-electron chi connectivity index (χ3n) is 3.28. The van der Waals surface area contributed by atoms with Gasteiger partial charge in [-0.3, -0.25) is 0 Å². The summed E-state index contributed by atoms with van der Waals surface area (Å²) in [5, 5.41) is 4.37. The highest BCUT2D eigenvalue weighted by molar-refractivity contribution is 6.31. The average Bonchev–Trinajstić information content (AvgIpc) is 2.28. The van der Waals surface area contributed by atoms with Crippen LogP contribution < -0.4 is 5.32 Å². The standard InChI is InChI=1S/C16H26ClN/c1-5-9-18-10-8-16(3,4)12-14-7-6-13(2)11-15(14)17/h6-7,11,18H,5,8-10,12H2,1-4H3. The van der Waals surface area contributed by atoms with Gasteiger partial charge in [-0.2, -0.15) is 0 Å². The van der Waals surface area contributed by atoms with Crippen molar-refractivity contribution in [3.05, 3.63) is 34.3 Å². The second kappa shape index (κ2) is 7.16. The number of hydrogen-bond donors (Lipinski definition) is 1. The highest BCUT2D eigenvalue weighted by Crippen LogP contribution is 2.29. The SMILES string of the molecule is CCCNCCC(C)(C)Cc1ccc(C)cc1Cl. The van der Waals surface area contributed by atoms with E-state index in [2.05, 4.69) is 51.2 Å². The Labute approximate surface area is 117 Å². The third kappa shape index (κ3) is 5.41. The van der Waals surface area contributed by atoms with Crippen molar-refractivity contribution in [1.82, 2.24) is 5.32 Å². The lowest BCUT2D eigenvalue weighted by atomic mass is 9.82. The van der Waals surface area contributed by atoms with E-state index in [4.69, 9.17) is 11.6 Å². The van der Waals surface area contributed by atoms with E-state index < -0.39 is 0 Å². The van der Waals surface area contributed by atoms with Crippen LogP contribution in [0.15, 0.2) is 18.2 Å². The Balaban J connectivity index is 2.53. The van der Waals surface area contributed by atoms with Crippen molar-refractivity contribution < 1.29 is 0 Å². The van der Waals surface area contributed by atoms with Crippen LogP contribution in [0.5, 0.6) is 0 Å². The Morgan fingerprint density at radius 2 is 1.94 bits per heavy atom. The van der Waals surface area contributed by atoms with Crippen molar-refractivity contribution >= 4 is 11.6 Å². The van der Waals surface area contributed by atoms with Crippen LogP contribution >= 0.6 is 11.6 Å². The number of hydrogen-bond acceptors (Lipinski definition) is 1. The van der Waals surface area contributed by atoms with Crippen LogP contribution in [-0.2, 0) is 6.42 Å². The Kier molecular flexibility index (Phi) is 6.17. The molecule has 0 radical (unpaired) electrons. The molecule has 0 saturated heterocycles. The molecule has 1 aromatic rings. The van der Waals surface area contributed by atoms with E-state index in [1.807, 2.05) is 0 Å². The largest absolute Gasteiger partial charge is 0.317 e. The van der Waals surface area contributed by atoms with Gasteiger partial charge in [-0.25, -0.2) is 0 Å². The van der Waals surface area contributed by atoms with E-state index in [1.165, 1.54) is 24.0 Å². The number of halogens is 1.